The number of amides is 1. The smallest absolute Gasteiger partial charge is 0.232 e. The molecule has 3 rings (SSSR count). The number of fused-ring (bicyclic) bond motifs is 2. The lowest BCUT2D eigenvalue weighted by Gasteiger charge is -2.38. The van der Waals surface area contributed by atoms with Crippen LogP contribution in [0.15, 0.2) is 18.3 Å². The van der Waals surface area contributed by atoms with Crippen LogP contribution in [0.4, 0.5) is 5.82 Å². The van der Waals surface area contributed by atoms with E-state index in [2.05, 4.69) is 46.7 Å². The first-order chi connectivity index (χ1) is 9.73. The molecule has 112 valence electrons. The summed E-state index contributed by atoms with van der Waals surface area (Å²) in [5.74, 6) is 0.721. The van der Waals surface area contributed by atoms with Crippen molar-refractivity contribution in [3.8, 4) is 0 Å². The van der Waals surface area contributed by atoms with Gasteiger partial charge in [0.05, 0.1) is 5.41 Å². The van der Waals surface area contributed by atoms with Gasteiger partial charge in [-0.05, 0) is 53.0 Å². The largest absolute Gasteiger partial charge is 0.310 e. The fraction of sp³-hybridized carbons (Fsp3) is 0.562. The van der Waals surface area contributed by atoms with Gasteiger partial charge in [0.1, 0.15) is 11.6 Å². The Hall–Kier alpha value is -0.980. The molecule has 2 atom stereocenters. The zero-order valence-electron chi connectivity index (χ0n) is 12.5. The SMILES string of the molecule is CC1(C)[C@]2(C(=O)Nc3ccc(I)cn3)CC[C@@]1(C)C(=O)C2. The molecule has 1 heterocycles. The van der Waals surface area contributed by atoms with Crippen LogP contribution in [0.25, 0.3) is 0 Å². The molecule has 2 fully saturated rings. The number of carbonyl (C=O) groups is 2. The molecule has 2 bridgehead atoms. The van der Waals surface area contributed by atoms with Crippen molar-refractivity contribution >= 4 is 40.1 Å². The molecule has 2 aliphatic rings. The summed E-state index contributed by atoms with van der Waals surface area (Å²) in [5, 5.41) is 2.92. The van der Waals surface area contributed by atoms with Crippen molar-refractivity contribution in [2.24, 2.45) is 16.2 Å². The Bertz CT molecular complexity index is 626. The van der Waals surface area contributed by atoms with Crippen molar-refractivity contribution in [3.63, 3.8) is 0 Å². The van der Waals surface area contributed by atoms with Gasteiger partial charge in [0.2, 0.25) is 5.91 Å². The first-order valence-corrected chi connectivity index (χ1v) is 8.27. The summed E-state index contributed by atoms with van der Waals surface area (Å²) in [7, 11) is 0. The fourth-order valence-corrected chi connectivity index (χ4v) is 4.37. The highest BCUT2D eigenvalue weighted by Crippen LogP contribution is 2.70. The quantitative estimate of drug-likeness (QED) is 0.777. The predicted octanol–water partition coefficient (Wildman–Crippen LogP) is 3.41. The number of nitrogens with one attached hydrogen (secondary N) is 1. The van der Waals surface area contributed by atoms with E-state index in [-0.39, 0.29) is 22.5 Å². The van der Waals surface area contributed by atoms with Crippen LogP contribution in [0, 0.1) is 19.8 Å². The van der Waals surface area contributed by atoms with E-state index in [0.29, 0.717) is 12.2 Å². The van der Waals surface area contributed by atoms with E-state index < -0.39 is 5.41 Å². The number of Topliss-reactive ketones (excluding diaryl/α,β-unsaturated/α-hetero) is 1. The maximum atomic E-state index is 12.9. The molecular formula is C16H19IN2O2. The highest BCUT2D eigenvalue weighted by molar-refractivity contribution is 14.1. The van der Waals surface area contributed by atoms with Gasteiger partial charge in [0.25, 0.3) is 0 Å². The lowest BCUT2D eigenvalue weighted by atomic mass is 9.64. The summed E-state index contributed by atoms with van der Waals surface area (Å²) < 4.78 is 1.02. The molecule has 1 aromatic heterocycles. The third-order valence-corrected chi connectivity index (χ3v) is 6.75. The maximum Gasteiger partial charge on any atom is 0.232 e. The number of aromatic nitrogens is 1. The van der Waals surface area contributed by atoms with E-state index in [1.54, 1.807) is 12.3 Å². The van der Waals surface area contributed by atoms with E-state index in [1.165, 1.54) is 0 Å². The average molecular weight is 398 g/mol. The van der Waals surface area contributed by atoms with Crippen LogP contribution in [0.1, 0.15) is 40.0 Å². The van der Waals surface area contributed by atoms with Crippen molar-refractivity contribution in [1.29, 1.82) is 0 Å². The van der Waals surface area contributed by atoms with E-state index in [0.717, 1.165) is 16.4 Å². The van der Waals surface area contributed by atoms with Gasteiger partial charge >= 0.3 is 0 Å². The average Bonchev–Trinajstić information content (AvgIpc) is 2.72. The zero-order valence-corrected chi connectivity index (χ0v) is 14.7. The molecule has 4 nitrogen and oxygen atoms in total. The molecule has 0 unspecified atom stereocenters. The molecule has 1 amide bonds. The second-order valence-corrected chi connectivity index (χ2v) is 8.20. The second kappa shape index (κ2) is 4.51. The molecule has 5 heteroatoms. The number of pyridine rings is 1. The van der Waals surface area contributed by atoms with Crippen molar-refractivity contribution in [2.75, 3.05) is 5.32 Å². The minimum absolute atomic E-state index is 0.0595. The van der Waals surface area contributed by atoms with E-state index in [9.17, 15) is 9.59 Å². The summed E-state index contributed by atoms with van der Waals surface area (Å²) in [6, 6.07) is 3.71. The van der Waals surface area contributed by atoms with Gasteiger partial charge in [0, 0.05) is 21.6 Å². The molecule has 2 saturated carbocycles. The Morgan fingerprint density at radius 3 is 2.48 bits per heavy atom. The fourth-order valence-electron chi connectivity index (χ4n) is 4.05. The number of ketones is 1. The lowest BCUT2D eigenvalue weighted by Crippen LogP contribution is -2.43. The van der Waals surface area contributed by atoms with Gasteiger partial charge in [-0.15, -0.1) is 0 Å². The molecule has 0 spiro atoms. The summed E-state index contributed by atoms with van der Waals surface area (Å²) in [5.41, 5.74) is -1.28. The number of hydrogen-bond donors (Lipinski definition) is 1. The van der Waals surface area contributed by atoms with Crippen molar-refractivity contribution in [3.05, 3.63) is 21.9 Å². The molecule has 21 heavy (non-hydrogen) atoms. The molecule has 2 aliphatic carbocycles. The van der Waals surface area contributed by atoms with E-state index in [1.807, 2.05) is 13.0 Å². The van der Waals surface area contributed by atoms with Gasteiger partial charge in [-0.1, -0.05) is 20.8 Å². The molecule has 0 radical (unpaired) electrons. The number of halogens is 1. The highest BCUT2D eigenvalue weighted by Gasteiger charge is 2.72. The summed E-state index contributed by atoms with van der Waals surface area (Å²) in [4.78, 5) is 29.5. The minimum atomic E-state index is -0.594. The monoisotopic (exact) mass is 398 g/mol. The molecule has 0 saturated heterocycles. The molecule has 1 aromatic rings. The van der Waals surface area contributed by atoms with Crippen LogP contribution < -0.4 is 5.32 Å². The Labute approximate surface area is 138 Å². The topological polar surface area (TPSA) is 59.1 Å². The lowest BCUT2D eigenvalue weighted by molar-refractivity contribution is -0.131. The third-order valence-electron chi connectivity index (χ3n) is 6.11. The van der Waals surface area contributed by atoms with Crippen LogP contribution in [0.5, 0.6) is 0 Å². The predicted molar refractivity (Wildman–Crippen MR) is 88.8 cm³/mol. The Morgan fingerprint density at radius 1 is 1.29 bits per heavy atom. The number of anilines is 1. The molecule has 0 aliphatic heterocycles. The normalized spacial score (nSPS) is 33.2. The number of rotatable bonds is 2. The molecule has 0 aromatic carbocycles. The highest BCUT2D eigenvalue weighted by atomic mass is 127. The number of hydrogen-bond acceptors (Lipinski definition) is 3. The first-order valence-electron chi connectivity index (χ1n) is 7.19. The second-order valence-electron chi connectivity index (χ2n) is 6.95. The summed E-state index contributed by atoms with van der Waals surface area (Å²) in [6.07, 6.45) is 3.65. The van der Waals surface area contributed by atoms with E-state index >= 15 is 0 Å². The van der Waals surface area contributed by atoms with E-state index in [4.69, 9.17) is 0 Å². The number of carbonyl (C=O) groups excluding carboxylic acids is 2. The summed E-state index contributed by atoms with van der Waals surface area (Å²) in [6.45, 7) is 6.14. The Balaban J connectivity index is 1.91. The van der Waals surface area contributed by atoms with Crippen molar-refractivity contribution in [1.82, 2.24) is 4.98 Å². The molecule has 1 N–H and O–H groups in total. The van der Waals surface area contributed by atoms with Crippen LogP contribution in [-0.4, -0.2) is 16.7 Å². The van der Waals surface area contributed by atoms with Crippen LogP contribution in [-0.2, 0) is 9.59 Å². The Morgan fingerprint density at radius 2 is 2.00 bits per heavy atom. The third kappa shape index (κ3) is 1.82. The van der Waals surface area contributed by atoms with Crippen LogP contribution in [0.3, 0.4) is 0 Å². The zero-order chi connectivity index (χ0) is 15.5. The van der Waals surface area contributed by atoms with Gasteiger partial charge in [-0.3, -0.25) is 9.59 Å². The van der Waals surface area contributed by atoms with Gasteiger partial charge in [-0.25, -0.2) is 4.98 Å². The van der Waals surface area contributed by atoms with Crippen molar-refractivity contribution in [2.45, 2.75) is 40.0 Å². The van der Waals surface area contributed by atoms with Crippen LogP contribution >= 0.6 is 22.6 Å². The van der Waals surface area contributed by atoms with Crippen LogP contribution in [0.2, 0.25) is 0 Å². The molecular weight excluding hydrogens is 379 g/mol. The minimum Gasteiger partial charge on any atom is -0.310 e. The number of nitrogens with zero attached hydrogens (tertiary/aromatic N) is 1. The first kappa shape index (κ1) is 14.9. The summed E-state index contributed by atoms with van der Waals surface area (Å²) >= 11 is 2.18. The standard InChI is InChI=1S/C16H19IN2O2/c1-14(2)15(3)6-7-16(14,8-11(15)20)13(21)19-12-5-4-10(17)9-18-12/h4-5,9H,6-8H2,1-3H3,(H,18,19,21)/t15-,16+/m0/s1. The maximum absolute atomic E-state index is 12.9. The van der Waals surface area contributed by atoms with Crippen molar-refractivity contribution < 1.29 is 9.59 Å². The van der Waals surface area contributed by atoms with Gasteiger partial charge in [-0.2, -0.15) is 0 Å². The van der Waals surface area contributed by atoms with Gasteiger partial charge < -0.3 is 5.32 Å². The van der Waals surface area contributed by atoms with Gasteiger partial charge in [0.15, 0.2) is 0 Å². The Kier molecular flexibility index (Phi) is 3.21.